The third kappa shape index (κ3) is 2.67. The smallest absolute Gasteiger partial charge is 0.246 e. The summed E-state index contributed by atoms with van der Waals surface area (Å²) >= 11 is 0. The van der Waals surface area contributed by atoms with Crippen molar-refractivity contribution in [3.8, 4) is 5.75 Å². The zero-order valence-electron chi connectivity index (χ0n) is 11.0. The van der Waals surface area contributed by atoms with Gasteiger partial charge in [0, 0.05) is 13.1 Å². The van der Waals surface area contributed by atoms with Crippen LogP contribution in [-0.4, -0.2) is 32.4 Å². The van der Waals surface area contributed by atoms with Gasteiger partial charge in [0.1, 0.15) is 17.3 Å². The molecule has 18 heavy (non-hydrogen) atoms. The van der Waals surface area contributed by atoms with Crippen molar-refractivity contribution in [1.82, 2.24) is 4.31 Å². The monoisotopic (exact) mass is 269 g/mol. The molecular weight excluding hydrogens is 250 g/mol. The van der Waals surface area contributed by atoms with Crippen LogP contribution in [0.1, 0.15) is 20.8 Å². The molecule has 0 radical (unpaired) electrons. The summed E-state index contributed by atoms with van der Waals surface area (Å²) in [4.78, 5) is 0.270. The van der Waals surface area contributed by atoms with Crippen molar-refractivity contribution in [3.63, 3.8) is 0 Å². The molecule has 2 rings (SSSR count). The fourth-order valence-corrected chi connectivity index (χ4v) is 3.77. The minimum atomic E-state index is -3.44. The Morgan fingerprint density at radius 2 is 1.94 bits per heavy atom. The lowest BCUT2D eigenvalue weighted by Crippen LogP contribution is -2.38. The second kappa shape index (κ2) is 4.55. The van der Waals surface area contributed by atoms with Gasteiger partial charge in [-0.05, 0) is 17.5 Å². The van der Waals surface area contributed by atoms with Crippen molar-refractivity contribution < 1.29 is 13.2 Å². The minimum absolute atomic E-state index is 0.0770. The first-order valence-corrected chi connectivity index (χ1v) is 7.47. The molecule has 0 unspecified atom stereocenters. The van der Waals surface area contributed by atoms with E-state index in [1.54, 1.807) is 24.3 Å². The first kappa shape index (κ1) is 13.4. The summed E-state index contributed by atoms with van der Waals surface area (Å²) in [7, 11) is -3.44. The number of para-hydroxylation sites is 1. The molecule has 0 atom stereocenters. The van der Waals surface area contributed by atoms with E-state index < -0.39 is 10.0 Å². The highest BCUT2D eigenvalue weighted by molar-refractivity contribution is 7.89. The number of benzene rings is 1. The van der Waals surface area contributed by atoms with E-state index >= 15 is 0 Å². The lowest BCUT2D eigenvalue weighted by Gasteiger charge is -2.27. The highest BCUT2D eigenvalue weighted by Crippen LogP contribution is 2.30. The van der Waals surface area contributed by atoms with E-state index in [0.717, 1.165) is 0 Å². The Balaban J connectivity index is 2.43. The second-order valence-corrected chi connectivity index (χ2v) is 7.60. The van der Waals surface area contributed by atoms with Crippen molar-refractivity contribution in [2.24, 2.45) is 5.41 Å². The fourth-order valence-electron chi connectivity index (χ4n) is 1.99. The third-order valence-electron chi connectivity index (χ3n) is 2.72. The number of hydrogen-bond donors (Lipinski definition) is 0. The molecule has 0 N–H and O–H groups in total. The van der Waals surface area contributed by atoms with Crippen molar-refractivity contribution in [2.75, 3.05) is 19.7 Å². The third-order valence-corrected chi connectivity index (χ3v) is 4.60. The Labute approximate surface area is 109 Å². The predicted molar refractivity (Wildman–Crippen MR) is 70.2 cm³/mol. The van der Waals surface area contributed by atoms with Gasteiger partial charge in [-0.2, -0.15) is 4.31 Å². The average Bonchev–Trinajstić information content (AvgIpc) is 2.36. The molecule has 0 aromatic heterocycles. The van der Waals surface area contributed by atoms with Crippen molar-refractivity contribution in [2.45, 2.75) is 25.7 Å². The largest absolute Gasteiger partial charge is 0.491 e. The number of fused-ring (bicyclic) bond motifs is 1. The SMILES string of the molecule is CC(C)(C)CN1CCOc2ccccc2S1(=O)=O. The molecule has 1 aromatic rings. The lowest BCUT2D eigenvalue weighted by atomic mass is 9.97. The highest BCUT2D eigenvalue weighted by atomic mass is 32.2. The molecule has 0 aliphatic carbocycles. The zero-order valence-corrected chi connectivity index (χ0v) is 11.8. The summed E-state index contributed by atoms with van der Waals surface area (Å²) in [5, 5.41) is 0. The van der Waals surface area contributed by atoms with Crippen LogP contribution in [0.4, 0.5) is 0 Å². The van der Waals surface area contributed by atoms with Gasteiger partial charge >= 0.3 is 0 Å². The molecule has 0 bridgehead atoms. The Hall–Kier alpha value is -1.07. The quantitative estimate of drug-likeness (QED) is 0.784. The van der Waals surface area contributed by atoms with Gasteiger partial charge in [-0.1, -0.05) is 32.9 Å². The van der Waals surface area contributed by atoms with Gasteiger partial charge in [-0.15, -0.1) is 0 Å². The Bertz CT molecular complexity index is 531. The van der Waals surface area contributed by atoms with E-state index in [1.165, 1.54) is 4.31 Å². The summed E-state index contributed by atoms with van der Waals surface area (Å²) in [6.45, 7) is 7.37. The van der Waals surface area contributed by atoms with Crippen LogP contribution in [0.5, 0.6) is 5.75 Å². The van der Waals surface area contributed by atoms with Gasteiger partial charge in [0.2, 0.25) is 10.0 Å². The summed E-state index contributed by atoms with van der Waals surface area (Å²) in [6.07, 6.45) is 0. The van der Waals surface area contributed by atoms with Crippen LogP contribution in [0.3, 0.4) is 0 Å². The lowest BCUT2D eigenvalue weighted by molar-refractivity contribution is 0.240. The number of ether oxygens (including phenoxy) is 1. The number of nitrogens with zero attached hydrogens (tertiary/aromatic N) is 1. The second-order valence-electron chi connectivity index (χ2n) is 5.69. The van der Waals surface area contributed by atoms with Crippen LogP contribution >= 0.6 is 0 Å². The van der Waals surface area contributed by atoms with Crippen LogP contribution in [0.15, 0.2) is 29.2 Å². The van der Waals surface area contributed by atoms with E-state index in [-0.39, 0.29) is 10.3 Å². The van der Waals surface area contributed by atoms with Crippen molar-refractivity contribution in [3.05, 3.63) is 24.3 Å². The maximum Gasteiger partial charge on any atom is 0.246 e. The average molecular weight is 269 g/mol. The fraction of sp³-hybridized carbons (Fsp3) is 0.538. The normalized spacial score (nSPS) is 19.7. The molecule has 1 aromatic carbocycles. The van der Waals surface area contributed by atoms with Gasteiger partial charge in [-0.25, -0.2) is 8.42 Å². The number of hydrogen-bond acceptors (Lipinski definition) is 3. The molecule has 1 aliphatic rings. The molecule has 4 nitrogen and oxygen atoms in total. The first-order chi connectivity index (χ1) is 8.31. The molecule has 1 heterocycles. The van der Waals surface area contributed by atoms with Crippen LogP contribution in [0.2, 0.25) is 0 Å². The van der Waals surface area contributed by atoms with Crippen molar-refractivity contribution in [1.29, 1.82) is 0 Å². The highest BCUT2D eigenvalue weighted by Gasteiger charge is 2.32. The Morgan fingerprint density at radius 1 is 1.28 bits per heavy atom. The first-order valence-electron chi connectivity index (χ1n) is 6.03. The van der Waals surface area contributed by atoms with Gasteiger partial charge in [0.05, 0.1) is 0 Å². The van der Waals surface area contributed by atoms with E-state index in [1.807, 2.05) is 20.8 Å². The van der Waals surface area contributed by atoms with E-state index in [4.69, 9.17) is 4.74 Å². The molecular formula is C13H19NO3S. The number of sulfonamides is 1. The molecule has 5 heteroatoms. The molecule has 0 fully saturated rings. The summed E-state index contributed by atoms with van der Waals surface area (Å²) in [5.41, 5.74) is -0.0770. The minimum Gasteiger partial charge on any atom is -0.491 e. The Morgan fingerprint density at radius 3 is 2.61 bits per heavy atom. The van der Waals surface area contributed by atoms with E-state index in [0.29, 0.717) is 25.4 Å². The van der Waals surface area contributed by atoms with Gasteiger partial charge in [0.15, 0.2) is 0 Å². The van der Waals surface area contributed by atoms with Crippen LogP contribution in [0, 0.1) is 5.41 Å². The molecule has 0 saturated heterocycles. The van der Waals surface area contributed by atoms with Crippen LogP contribution < -0.4 is 4.74 Å². The molecule has 0 saturated carbocycles. The van der Waals surface area contributed by atoms with E-state index in [2.05, 4.69) is 0 Å². The molecule has 1 aliphatic heterocycles. The Kier molecular flexibility index (Phi) is 3.38. The molecule has 0 spiro atoms. The summed E-state index contributed by atoms with van der Waals surface area (Å²) < 4.78 is 32.1. The van der Waals surface area contributed by atoms with E-state index in [9.17, 15) is 8.42 Å². The summed E-state index contributed by atoms with van der Waals surface area (Å²) in [5.74, 6) is 0.453. The van der Waals surface area contributed by atoms with Crippen molar-refractivity contribution >= 4 is 10.0 Å². The van der Waals surface area contributed by atoms with Gasteiger partial charge in [0.25, 0.3) is 0 Å². The van der Waals surface area contributed by atoms with Gasteiger partial charge < -0.3 is 4.74 Å². The summed E-state index contributed by atoms with van der Waals surface area (Å²) in [6, 6.07) is 6.81. The zero-order chi connectivity index (χ0) is 13.4. The predicted octanol–water partition coefficient (Wildman–Crippen LogP) is 2.12. The molecule has 0 amide bonds. The number of rotatable bonds is 1. The standard InChI is InChI=1S/C13H19NO3S/c1-13(2,3)10-14-8-9-17-11-6-4-5-7-12(11)18(14,15)16/h4-7H,8-10H2,1-3H3. The maximum absolute atomic E-state index is 12.5. The maximum atomic E-state index is 12.5. The topological polar surface area (TPSA) is 46.6 Å². The molecule has 100 valence electrons. The van der Waals surface area contributed by atoms with Crippen LogP contribution in [0.25, 0.3) is 0 Å². The van der Waals surface area contributed by atoms with Crippen LogP contribution in [-0.2, 0) is 10.0 Å². The van der Waals surface area contributed by atoms with Gasteiger partial charge in [-0.3, -0.25) is 0 Å².